The molecule has 0 atom stereocenters. The van der Waals surface area contributed by atoms with Gasteiger partial charge < -0.3 is 15.9 Å². The van der Waals surface area contributed by atoms with Gasteiger partial charge in [0.15, 0.2) is 11.5 Å². The number of hydrogen-bond donors (Lipinski definition) is 3. The van der Waals surface area contributed by atoms with E-state index in [2.05, 4.69) is 15.1 Å². The first-order chi connectivity index (χ1) is 5.25. The second kappa shape index (κ2) is 2.82. The second-order valence-corrected chi connectivity index (χ2v) is 1.75. The summed E-state index contributed by atoms with van der Waals surface area (Å²) in [5.74, 6) is -0.299. The molecule has 6 nitrogen and oxygen atoms in total. The van der Waals surface area contributed by atoms with E-state index in [4.69, 9.17) is 10.9 Å². The molecule has 0 amide bonds. The van der Waals surface area contributed by atoms with Crippen LogP contribution in [0.2, 0.25) is 0 Å². The molecule has 0 spiro atoms. The highest BCUT2D eigenvalue weighted by molar-refractivity contribution is 5.94. The van der Waals surface area contributed by atoms with Crippen LogP contribution in [0.1, 0.15) is 5.69 Å². The molecule has 1 rings (SSSR count). The minimum absolute atomic E-state index is 0.0880. The predicted octanol–water partition coefficient (Wildman–Crippen LogP) is -1.14. The second-order valence-electron chi connectivity index (χ2n) is 1.75. The maximum Gasteiger partial charge on any atom is 0.277 e. The molecule has 0 saturated carbocycles. The van der Waals surface area contributed by atoms with Crippen molar-refractivity contribution in [1.82, 2.24) is 9.97 Å². The van der Waals surface area contributed by atoms with Crippen molar-refractivity contribution >= 4 is 5.84 Å². The number of hydrogen-bond acceptors (Lipinski definition) is 4. The van der Waals surface area contributed by atoms with Crippen molar-refractivity contribution in [3.63, 3.8) is 0 Å². The topological polar surface area (TPSA) is 104 Å². The average molecular weight is 154 g/mol. The van der Waals surface area contributed by atoms with Crippen LogP contribution < -0.4 is 11.3 Å². The molecule has 11 heavy (non-hydrogen) atoms. The van der Waals surface area contributed by atoms with Gasteiger partial charge in [0.1, 0.15) is 0 Å². The molecule has 4 N–H and O–H groups in total. The standard InChI is InChI=1S/C5H6N4O2/c6-4(9-11)3-5(10)8-2-1-7-3/h1-2,11H,(H2,6,9)(H,8,10). The molecular formula is C5H6N4O2. The average Bonchev–Trinajstić information content (AvgIpc) is 2.04. The Morgan fingerprint density at radius 1 is 1.82 bits per heavy atom. The van der Waals surface area contributed by atoms with Crippen molar-refractivity contribution in [3.05, 3.63) is 28.4 Å². The summed E-state index contributed by atoms with van der Waals surface area (Å²) >= 11 is 0. The Morgan fingerprint density at radius 3 is 3.09 bits per heavy atom. The lowest BCUT2D eigenvalue weighted by atomic mass is 10.4. The Kier molecular flexibility index (Phi) is 1.86. The van der Waals surface area contributed by atoms with Crippen LogP contribution in [0.4, 0.5) is 0 Å². The van der Waals surface area contributed by atoms with Gasteiger partial charge in [0.25, 0.3) is 5.56 Å². The van der Waals surface area contributed by atoms with Gasteiger partial charge in [-0.05, 0) is 0 Å². The number of aromatic amines is 1. The van der Waals surface area contributed by atoms with Crippen molar-refractivity contribution in [3.8, 4) is 0 Å². The van der Waals surface area contributed by atoms with E-state index in [0.29, 0.717) is 0 Å². The predicted molar refractivity (Wildman–Crippen MR) is 37.4 cm³/mol. The summed E-state index contributed by atoms with van der Waals surface area (Å²) in [5, 5.41) is 10.8. The summed E-state index contributed by atoms with van der Waals surface area (Å²) in [7, 11) is 0. The largest absolute Gasteiger partial charge is 0.409 e. The number of oxime groups is 1. The van der Waals surface area contributed by atoms with Crippen LogP contribution in [-0.2, 0) is 0 Å². The highest BCUT2D eigenvalue weighted by Gasteiger charge is 2.03. The molecule has 0 aromatic carbocycles. The Morgan fingerprint density at radius 2 is 2.55 bits per heavy atom. The maximum atomic E-state index is 10.8. The minimum Gasteiger partial charge on any atom is -0.409 e. The monoisotopic (exact) mass is 154 g/mol. The highest BCUT2D eigenvalue weighted by Crippen LogP contribution is 1.80. The molecule has 1 aromatic rings. The fourth-order valence-corrected chi connectivity index (χ4v) is 0.582. The molecule has 0 unspecified atom stereocenters. The van der Waals surface area contributed by atoms with Crippen molar-refractivity contribution in [2.45, 2.75) is 0 Å². The minimum atomic E-state index is -0.484. The van der Waals surface area contributed by atoms with Gasteiger partial charge in [-0.1, -0.05) is 5.16 Å². The van der Waals surface area contributed by atoms with E-state index in [1.54, 1.807) is 0 Å². The van der Waals surface area contributed by atoms with Gasteiger partial charge >= 0.3 is 0 Å². The Balaban J connectivity index is 3.25. The van der Waals surface area contributed by atoms with Gasteiger partial charge in [-0.25, -0.2) is 4.98 Å². The first-order valence-electron chi connectivity index (χ1n) is 2.77. The lowest BCUT2D eigenvalue weighted by Crippen LogP contribution is -2.25. The summed E-state index contributed by atoms with van der Waals surface area (Å²) in [6, 6.07) is 0. The summed E-state index contributed by atoms with van der Waals surface area (Å²) in [6.45, 7) is 0. The van der Waals surface area contributed by atoms with Gasteiger partial charge in [-0.2, -0.15) is 0 Å². The van der Waals surface area contributed by atoms with E-state index >= 15 is 0 Å². The molecular weight excluding hydrogens is 148 g/mol. The fourth-order valence-electron chi connectivity index (χ4n) is 0.582. The van der Waals surface area contributed by atoms with Crippen molar-refractivity contribution in [2.75, 3.05) is 0 Å². The van der Waals surface area contributed by atoms with Crippen LogP contribution in [-0.4, -0.2) is 21.0 Å². The van der Waals surface area contributed by atoms with E-state index in [1.807, 2.05) is 0 Å². The third kappa shape index (κ3) is 1.34. The van der Waals surface area contributed by atoms with Gasteiger partial charge in [0.2, 0.25) is 0 Å². The number of nitrogens with one attached hydrogen (secondary N) is 1. The number of aromatic nitrogens is 2. The highest BCUT2D eigenvalue weighted by atomic mass is 16.4. The van der Waals surface area contributed by atoms with Crippen LogP contribution in [0.5, 0.6) is 0 Å². The molecule has 0 aliphatic rings. The van der Waals surface area contributed by atoms with E-state index in [-0.39, 0.29) is 11.5 Å². The van der Waals surface area contributed by atoms with Crippen molar-refractivity contribution < 1.29 is 5.21 Å². The number of H-pyrrole nitrogens is 1. The van der Waals surface area contributed by atoms with E-state index < -0.39 is 5.56 Å². The zero-order chi connectivity index (χ0) is 8.27. The van der Waals surface area contributed by atoms with Crippen LogP contribution in [0.3, 0.4) is 0 Å². The summed E-state index contributed by atoms with van der Waals surface area (Å²) < 4.78 is 0. The zero-order valence-electron chi connectivity index (χ0n) is 5.48. The van der Waals surface area contributed by atoms with Crippen LogP contribution in [0, 0.1) is 0 Å². The third-order valence-corrected chi connectivity index (χ3v) is 1.06. The molecule has 58 valence electrons. The number of nitrogens with two attached hydrogens (primary N) is 1. The molecule has 0 saturated heterocycles. The molecule has 1 heterocycles. The van der Waals surface area contributed by atoms with Gasteiger partial charge in [0, 0.05) is 12.4 Å². The number of amidine groups is 1. The number of nitrogens with zero attached hydrogens (tertiary/aromatic N) is 2. The lowest BCUT2D eigenvalue weighted by molar-refractivity contribution is 0.318. The fraction of sp³-hybridized carbons (Fsp3) is 0. The zero-order valence-corrected chi connectivity index (χ0v) is 5.48. The molecule has 0 bridgehead atoms. The van der Waals surface area contributed by atoms with Crippen LogP contribution >= 0.6 is 0 Å². The first-order valence-corrected chi connectivity index (χ1v) is 2.77. The van der Waals surface area contributed by atoms with E-state index in [0.717, 1.165) is 0 Å². The normalized spacial score (nSPS) is 11.5. The molecule has 0 radical (unpaired) electrons. The maximum absolute atomic E-state index is 10.8. The van der Waals surface area contributed by atoms with Crippen LogP contribution in [0.15, 0.2) is 22.3 Å². The molecule has 0 fully saturated rings. The first kappa shape index (κ1) is 7.26. The van der Waals surface area contributed by atoms with Gasteiger partial charge in [0.05, 0.1) is 0 Å². The molecule has 0 aliphatic heterocycles. The Bertz CT molecular complexity index is 329. The Hall–Kier alpha value is -1.85. The smallest absolute Gasteiger partial charge is 0.277 e. The quantitative estimate of drug-likeness (QED) is 0.206. The van der Waals surface area contributed by atoms with Crippen molar-refractivity contribution in [1.29, 1.82) is 0 Å². The molecule has 0 aliphatic carbocycles. The summed E-state index contributed by atoms with van der Waals surface area (Å²) in [4.78, 5) is 16.7. The van der Waals surface area contributed by atoms with E-state index in [1.165, 1.54) is 12.4 Å². The SMILES string of the molecule is NC(=NO)c1ncc[nH]c1=O. The summed E-state index contributed by atoms with van der Waals surface area (Å²) in [5.41, 5.74) is 4.54. The Labute approximate surface area is 61.4 Å². The van der Waals surface area contributed by atoms with Gasteiger partial charge in [-0.15, -0.1) is 0 Å². The van der Waals surface area contributed by atoms with E-state index in [9.17, 15) is 4.79 Å². The molecule has 1 aromatic heterocycles. The summed E-state index contributed by atoms with van der Waals surface area (Å²) in [6.07, 6.45) is 2.70. The molecule has 6 heteroatoms. The van der Waals surface area contributed by atoms with Crippen LogP contribution in [0.25, 0.3) is 0 Å². The third-order valence-electron chi connectivity index (χ3n) is 1.06. The lowest BCUT2D eigenvalue weighted by Gasteiger charge is -1.92. The van der Waals surface area contributed by atoms with Gasteiger partial charge in [-0.3, -0.25) is 4.79 Å². The van der Waals surface area contributed by atoms with Crippen molar-refractivity contribution in [2.24, 2.45) is 10.9 Å². The number of rotatable bonds is 1.